The molecule has 0 atom stereocenters. The zero-order valence-corrected chi connectivity index (χ0v) is 9.61. The Bertz CT molecular complexity index is 478. The van der Waals surface area contributed by atoms with Crippen LogP contribution in [0.15, 0.2) is 24.3 Å². The molecule has 1 fully saturated rings. The number of rotatable bonds is 2. The van der Waals surface area contributed by atoms with Crippen LogP contribution in [0.4, 0.5) is 5.69 Å². The third-order valence-electron chi connectivity index (χ3n) is 3.57. The van der Waals surface area contributed by atoms with Gasteiger partial charge in [-0.3, -0.25) is 14.5 Å². The Kier molecular flexibility index (Phi) is 2.44. The zero-order chi connectivity index (χ0) is 11.8. The molecular formula is C13H15N2O2+. The molecule has 1 N–H and O–H groups in total. The number of para-hydroxylation sites is 1. The summed E-state index contributed by atoms with van der Waals surface area (Å²) < 4.78 is 0. The van der Waals surface area contributed by atoms with Crippen LogP contribution in [0.5, 0.6) is 0 Å². The van der Waals surface area contributed by atoms with Gasteiger partial charge in [-0.05, 0) is 12.1 Å². The third-order valence-corrected chi connectivity index (χ3v) is 3.57. The summed E-state index contributed by atoms with van der Waals surface area (Å²) in [6.45, 7) is 2.82. The third kappa shape index (κ3) is 1.65. The van der Waals surface area contributed by atoms with Crippen LogP contribution in [0.25, 0.3) is 0 Å². The van der Waals surface area contributed by atoms with E-state index in [1.165, 1.54) is 17.7 Å². The highest BCUT2D eigenvalue weighted by Crippen LogP contribution is 2.27. The second-order valence-corrected chi connectivity index (χ2v) is 4.69. The first-order valence-corrected chi connectivity index (χ1v) is 6.06. The van der Waals surface area contributed by atoms with Crippen molar-refractivity contribution >= 4 is 17.4 Å². The van der Waals surface area contributed by atoms with Crippen molar-refractivity contribution in [2.45, 2.75) is 12.8 Å². The molecule has 0 radical (unpaired) electrons. The summed E-state index contributed by atoms with van der Waals surface area (Å²) in [6.07, 6.45) is 2.43. The van der Waals surface area contributed by atoms with Crippen molar-refractivity contribution in [3.05, 3.63) is 29.8 Å². The lowest BCUT2D eigenvalue weighted by Gasteiger charge is -2.20. The van der Waals surface area contributed by atoms with Crippen LogP contribution in [0.2, 0.25) is 0 Å². The molecule has 0 bridgehead atoms. The standard InChI is InChI=1S/C13H14N2O2/c16-12-10-5-1-2-6-11(10)15(13(12)17)9-14-7-3-4-8-14/h1-2,5-6H,3-4,7-9H2/p+1. The monoisotopic (exact) mass is 231 g/mol. The number of carbonyl (C=O) groups is 2. The maximum Gasteiger partial charge on any atom is 0.303 e. The summed E-state index contributed by atoms with van der Waals surface area (Å²) in [5, 5.41) is 0. The van der Waals surface area contributed by atoms with Crippen LogP contribution >= 0.6 is 0 Å². The Morgan fingerprint density at radius 3 is 2.59 bits per heavy atom. The minimum atomic E-state index is -0.370. The van der Waals surface area contributed by atoms with Gasteiger partial charge in [0.2, 0.25) is 0 Å². The van der Waals surface area contributed by atoms with Crippen molar-refractivity contribution in [1.29, 1.82) is 0 Å². The summed E-state index contributed by atoms with van der Waals surface area (Å²) in [6, 6.07) is 7.26. The Morgan fingerprint density at radius 1 is 1.12 bits per heavy atom. The van der Waals surface area contributed by atoms with Crippen LogP contribution < -0.4 is 9.80 Å². The molecule has 2 aliphatic rings. The zero-order valence-electron chi connectivity index (χ0n) is 9.61. The van der Waals surface area contributed by atoms with Gasteiger partial charge in [0.25, 0.3) is 5.78 Å². The minimum Gasteiger partial charge on any atom is -0.317 e. The van der Waals surface area contributed by atoms with E-state index in [0.717, 1.165) is 18.8 Å². The molecule has 0 unspecified atom stereocenters. The lowest BCUT2D eigenvalue weighted by Crippen LogP contribution is -3.11. The average Bonchev–Trinajstić information content (AvgIpc) is 2.94. The predicted octanol–water partition coefficient (Wildman–Crippen LogP) is -0.148. The van der Waals surface area contributed by atoms with Crippen molar-refractivity contribution in [1.82, 2.24) is 0 Å². The first kappa shape index (κ1) is 10.5. The Labute approximate surface area is 99.8 Å². The molecule has 17 heavy (non-hydrogen) atoms. The van der Waals surface area contributed by atoms with E-state index < -0.39 is 0 Å². The molecule has 1 aromatic rings. The van der Waals surface area contributed by atoms with E-state index in [0.29, 0.717) is 12.2 Å². The molecule has 4 heteroatoms. The number of Topliss-reactive ketones (excluding diaryl/α,β-unsaturated/α-hetero) is 1. The van der Waals surface area contributed by atoms with E-state index >= 15 is 0 Å². The highest BCUT2D eigenvalue weighted by Gasteiger charge is 2.37. The molecule has 0 aromatic heterocycles. The Balaban J connectivity index is 1.89. The Hall–Kier alpha value is -1.68. The van der Waals surface area contributed by atoms with Gasteiger partial charge in [0.15, 0.2) is 6.67 Å². The largest absolute Gasteiger partial charge is 0.317 e. The number of amides is 1. The van der Waals surface area contributed by atoms with Crippen LogP contribution in [-0.4, -0.2) is 31.4 Å². The van der Waals surface area contributed by atoms with Gasteiger partial charge in [-0.25, -0.2) is 0 Å². The van der Waals surface area contributed by atoms with Gasteiger partial charge in [0.1, 0.15) is 0 Å². The first-order chi connectivity index (χ1) is 8.27. The molecular weight excluding hydrogens is 216 g/mol. The maximum atomic E-state index is 11.9. The Morgan fingerprint density at radius 2 is 1.82 bits per heavy atom. The van der Waals surface area contributed by atoms with E-state index in [9.17, 15) is 9.59 Å². The molecule has 1 aromatic carbocycles. The highest BCUT2D eigenvalue weighted by molar-refractivity contribution is 6.52. The normalized spacial score (nSPS) is 20.1. The average molecular weight is 231 g/mol. The highest BCUT2D eigenvalue weighted by atomic mass is 16.2. The number of nitrogens with zero attached hydrogens (tertiary/aromatic N) is 1. The minimum absolute atomic E-state index is 0.362. The van der Waals surface area contributed by atoms with Crippen molar-refractivity contribution in [2.24, 2.45) is 0 Å². The molecule has 0 saturated carbocycles. The second-order valence-electron chi connectivity index (χ2n) is 4.69. The molecule has 3 rings (SSSR count). The van der Waals surface area contributed by atoms with Gasteiger partial charge in [-0.15, -0.1) is 0 Å². The van der Waals surface area contributed by atoms with E-state index in [4.69, 9.17) is 0 Å². The van der Waals surface area contributed by atoms with Gasteiger partial charge >= 0.3 is 5.91 Å². The molecule has 88 valence electrons. The number of ketones is 1. The van der Waals surface area contributed by atoms with Gasteiger partial charge in [-0.2, -0.15) is 0 Å². The fourth-order valence-corrected chi connectivity index (χ4v) is 2.66. The number of anilines is 1. The van der Waals surface area contributed by atoms with Crippen LogP contribution in [0.1, 0.15) is 23.2 Å². The lowest BCUT2D eigenvalue weighted by molar-refractivity contribution is -0.886. The van der Waals surface area contributed by atoms with Crippen molar-refractivity contribution in [3.63, 3.8) is 0 Å². The first-order valence-electron chi connectivity index (χ1n) is 6.06. The van der Waals surface area contributed by atoms with E-state index in [1.807, 2.05) is 12.1 Å². The number of hydrogen-bond acceptors (Lipinski definition) is 2. The summed E-state index contributed by atoms with van der Waals surface area (Å²) in [7, 11) is 0. The number of carbonyl (C=O) groups excluding carboxylic acids is 2. The van der Waals surface area contributed by atoms with Crippen LogP contribution in [0.3, 0.4) is 0 Å². The summed E-state index contributed by atoms with van der Waals surface area (Å²) in [5.41, 5.74) is 1.33. The quantitative estimate of drug-likeness (QED) is 0.719. The summed E-state index contributed by atoms with van der Waals surface area (Å²) in [5.74, 6) is -0.732. The van der Waals surface area contributed by atoms with Crippen molar-refractivity contribution in [3.8, 4) is 0 Å². The smallest absolute Gasteiger partial charge is 0.303 e. The predicted molar refractivity (Wildman–Crippen MR) is 63.1 cm³/mol. The van der Waals surface area contributed by atoms with Gasteiger partial charge in [0.05, 0.1) is 24.3 Å². The van der Waals surface area contributed by atoms with Crippen LogP contribution in [0, 0.1) is 0 Å². The maximum absolute atomic E-state index is 11.9. The van der Waals surface area contributed by atoms with Crippen molar-refractivity contribution < 1.29 is 14.5 Å². The lowest BCUT2D eigenvalue weighted by atomic mass is 10.1. The molecule has 0 spiro atoms. The summed E-state index contributed by atoms with van der Waals surface area (Å²) >= 11 is 0. The fraction of sp³-hybridized carbons (Fsp3) is 0.385. The molecule has 1 amide bonds. The number of benzene rings is 1. The number of likely N-dealkylation sites (tertiary alicyclic amines) is 1. The van der Waals surface area contributed by atoms with E-state index in [2.05, 4.69) is 0 Å². The van der Waals surface area contributed by atoms with E-state index in [1.54, 1.807) is 17.0 Å². The number of hydrogen-bond donors (Lipinski definition) is 1. The van der Waals surface area contributed by atoms with Gasteiger partial charge in [-0.1, -0.05) is 12.1 Å². The molecule has 0 aliphatic carbocycles. The number of nitrogens with one attached hydrogen (secondary N) is 1. The van der Waals surface area contributed by atoms with Crippen LogP contribution in [-0.2, 0) is 4.79 Å². The summed E-state index contributed by atoms with van der Waals surface area (Å²) in [4.78, 5) is 26.7. The number of fused-ring (bicyclic) bond motifs is 1. The van der Waals surface area contributed by atoms with E-state index in [-0.39, 0.29) is 11.7 Å². The fourth-order valence-electron chi connectivity index (χ4n) is 2.66. The molecule has 2 heterocycles. The van der Waals surface area contributed by atoms with Gasteiger partial charge < -0.3 is 4.90 Å². The van der Waals surface area contributed by atoms with Gasteiger partial charge in [0, 0.05) is 12.8 Å². The van der Waals surface area contributed by atoms with Crippen molar-refractivity contribution in [2.75, 3.05) is 24.7 Å². The SMILES string of the molecule is O=C1C(=O)N(C[NH+]2CCCC2)c2ccccc21. The molecule has 1 saturated heterocycles. The second kappa shape index (κ2) is 3.96. The number of quaternary nitrogens is 1. The molecule has 2 aliphatic heterocycles. The topological polar surface area (TPSA) is 41.8 Å². The molecule has 4 nitrogen and oxygen atoms in total.